The number of carbonyl (C=O) groups excluding carboxylic acids is 1. The van der Waals surface area contributed by atoms with Crippen LogP contribution in [0.15, 0.2) is 24.3 Å². The highest BCUT2D eigenvalue weighted by molar-refractivity contribution is 5.91. The maximum Gasteiger partial charge on any atom is 0.244 e. The highest BCUT2D eigenvalue weighted by Gasteiger charge is 2.11. The van der Waals surface area contributed by atoms with Crippen LogP contribution in [0.5, 0.6) is 5.75 Å². The maximum absolute atomic E-state index is 11.4. The molecular weight excluding hydrogens is 214 g/mol. The smallest absolute Gasteiger partial charge is 0.244 e. The van der Waals surface area contributed by atoms with Crippen molar-refractivity contribution in [2.45, 2.75) is 26.3 Å². The monoisotopic (exact) mass is 231 g/mol. The van der Waals surface area contributed by atoms with Crippen LogP contribution in [0, 0.1) is 0 Å². The standard InChI is InChI=1S/C14H17NO2/c1-10(2)15-14(16)6-4-11-3-5-13-12(9-11)7-8-17-13/h3-6,9-10H,7-8H2,1-2H3,(H,15,16)/b6-4+. The lowest BCUT2D eigenvalue weighted by Gasteiger charge is -2.04. The topological polar surface area (TPSA) is 38.3 Å². The summed E-state index contributed by atoms with van der Waals surface area (Å²) >= 11 is 0. The van der Waals surface area contributed by atoms with E-state index in [1.54, 1.807) is 6.08 Å². The van der Waals surface area contributed by atoms with E-state index in [-0.39, 0.29) is 11.9 Å². The Morgan fingerprint density at radius 1 is 1.47 bits per heavy atom. The molecule has 0 saturated heterocycles. The van der Waals surface area contributed by atoms with Gasteiger partial charge in [0.15, 0.2) is 0 Å². The fraction of sp³-hybridized carbons (Fsp3) is 0.357. The SMILES string of the molecule is CC(C)NC(=O)/C=C/c1ccc2c(c1)CCO2. The molecule has 1 aliphatic heterocycles. The second-order valence-corrected chi connectivity index (χ2v) is 4.46. The molecule has 3 nitrogen and oxygen atoms in total. The largest absolute Gasteiger partial charge is 0.493 e. The van der Waals surface area contributed by atoms with Crippen molar-refractivity contribution in [1.29, 1.82) is 0 Å². The third kappa shape index (κ3) is 3.09. The van der Waals surface area contributed by atoms with Crippen LogP contribution in [0.25, 0.3) is 6.08 Å². The van der Waals surface area contributed by atoms with E-state index in [1.807, 2.05) is 32.1 Å². The van der Waals surface area contributed by atoms with Crippen LogP contribution >= 0.6 is 0 Å². The summed E-state index contributed by atoms with van der Waals surface area (Å²) in [6.07, 6.45) is 4.35. The average molecular weight is 231 g/mol. The Morgan fingerprint density at radius 3 is 3.06 bits per heavy atom. The van der Waals surface area contributed by atoms with E-state index in [1.165, 1.54) is 5.56 Å². The molecule has 90 valence electrons. The van der Waals surface area contributed by atoms with Gasteiger partial charge >= 0.3 is 0 Å². The minimum atomic E-state index is -0.0586. The summed E-state index contributed by atoms with van der Waals surface area (Å²) < 4.78 is 5.43. The first-order valence-corrected chi connectivity index (χ1v) is 5.89. The van der Waals surface area contributed by atoms with Gasteiger partial charge in [-0.1, -0.05) is 6.07 Å². The fourth-order valence-corrected chi connectivity index (χ4v) is 1.81. The van der Waals surface area contributed by atoms with E-state index in [2.05, 4.69) is 11.4 Å². The van der Waals surface area contributed by atoms with Crippen LogP contribution in [0.1, 0.15) is 25.0 Å². The third-order valence-electron chi connectivity index (χ3n) is 2.57. The van der Waals surface area contributed by atoms with Gasteiger partial charge in [-0.2, -0.15) is 0 Å². The zero-order valence-electron chi connectivity index (χ0n) is 10.2. The molecule has 1 N–H and O–H groups in total. The predicted molar refractivity (Wildman–Crippen MR) is 68.0 cm³/mol. The Hall–Kier alpha value is -1.77. The maximum atomic E-state index is 11.4. The summed E-state index contributed by atoms with van der Waals surface area (Å²) in [5.41, 5.74) is 2.25. The Labute approximate surface area is 101 Å². The van der Waals surface area contributed by atoms with Crippen LogP contribution in [0.3, 0.4) is 0 Å². The Kier molecular flexibility index (Phi) is 3.47. The van der Waals surface area contributed by atoms with E-state index in [9.17, 15) is 4.79 Å². The van der Waals surface area contributed by atoms with Crippen LogP contribution in [-0.2, 0) is 11.2 Å². The Bertz CT molecular complexity index is 450. The van der Waals surface area contributed by atoms with E-state index < -0.39 is 0 Å². The fourth-order valence-electron chi connectivity index (χ4n) is 1.81. The van der Waals surface area contributed by atoms with E-state index in [4.69, 9.17) is 4.74 Å². The highest BCUT2D eigenvalue weighted by atomic mass is 16.5. The number of benzene rings is 1. The zero-order chi connectivity index (χ0) is 12.3. The van der Waals surface area contributed by atoms with E-state index >= 15 is 0 Å². The molecule has 0 atom stereocenters. The predicted octanol–water partition coefficient (Wildman–Crippen LogP) is 2.16. The average Bonchev–Trinajstić information content (AvgIpc) is 2.72. The van der Waals surface area contributed by atoms with Crippen molar-refractivity contribution < 1.29 is 9.53 Å². The van der Waals surface area contributed by atoms with Crippen molar-refractivity contribution in [2.24, 2.45) is 0 Å². The molecule has 3 heteroatoms. The molecule has 2 rings (SSSR count). The van der Waals surface area contributed by atoms with Crippen molar-refractivity contribution in [3.63, 3.8) is 0 Å². The van der Waals surface area contributed by atoms with Gasteiger partial charge in [-0.05, 0) is 43.2 Å². The molecule has 1 amide bonds. The van der Waals surface area contributed by atoms with Gasteiger partial charge in [0.05, 0.1) is 6.61 Å². The molecule has 0 unspecified atom stereocenters. The summed E-state index contributed by atoms with van der Waals surface area (Å²) in [6.45, 7) is 4.65. The Morgan fingerprint density at radius 2 is 2.29 bits per heavy atom. The van der Waals surface area contributed by atoms with Crippen LogP contribution in [0.4, 0.5) is 0 Å². The number of rotatable bonds is 3. The minimum Gasteiger partial charge on any atom is -0.493 e. The number of ether oxygens (including phenoxy) is 1. The van der Waals surface area contributed by atoms with Gasteiger partial charge in [-0.15, -0.1) is 0 Å². The van der Waals surface area contributed by atoms with Crippen molar-refractivity contribution in [3.8, 4) is 5.75 Å². The van der Waals surface area contributed by atoms with Gasteiger partial charge in [-0.25, -0.2) is 0 Å². The van der Waals surface area contributed by atoms with Crippen molar-refractivity contribution >= 4 is 12.0 Å². The molecule has 0 spiro atoms. The van der Waals surface area contributed by atoms with Gasteiger partial charge < -0.3 is 10.1 Å². The van der Waals surface area contributed by atoms with Gasteiger partial charge in [0, 0.05) is 18.5 Å². The lowest BCUT2D eigenvalue weighted by Crippen LogP contribution is -2.28. The van der Waals surface area contributed by atoms with E-state index in [0.29, 0.717) is 0 Å². The second-order valence-electron chi connectivity index (χ2n) is 4.46. The van der Waals surface area contributed by atoms with Crippen LogP contribution in [0.2, 0.25) is 0 Å². The minimum absolute atomic E-state index is 0.0586. The molecule has 0 saturated carbocycles. The number of carbonyl (C=O) groups is 1. The molecule has 0 aliphatic carbocycles. The molecule has 0 bridgehead atoms. The first-order valence-electron chi connectivity index (χ1n) is 5.89. The van der Waals surface area contributed by atoms with Crippen molar-refractivity contribution in [3.05, 3.63) is 35.4 Å². The number of hydrogen-bond donors (Lipinski definition) is 1. The lowest BCUT2D eigenvalue weighted by atomic mass is 10.1. The van der Waals surface area contributed by atoms with Gasteiger partial charge in [0.1, 0.15) is 5.75 Å². The number of hydrogen-bond acceptors (Lipinski definition) is 2. The first-order chi connectivity index (χ1) is 8.15. The van der Waals surface area contributed by atoms with Crippen LogP contribution < -0.4 is 10.1 Å². The van der Waals surface area contributed by atoms with Gasteiger partial charge in [0.2, 0.25) is 5.91 Å². The molecular formula is C14H17NO2. The third-order valence-corrected chi connectivity index (χ3v) is 2.57. The molecule has 0 radical (unpaired) electrons. The van der Waals surface area contributed by atoms with E-state index in [0.717, 1.165) is 24.3 Å². The second kappa shape index (κ2) is 5.04. The normalized spacial score (nSPS) is 13.8. The molecule has 1 heterocycles. The number of fused-ring (bicyclic) bond motifs is 1. The van der Waals surface area contributed by atoms with Crippen LogP contribution in [-0.4, -0.2) is 18.6 Å². The number of nitrogens with one attached hydrogen (secondary N) is 1. The quantitative estimate of drug-likeness (QED) is 0.809. The first kappa shape index (κ1) is 11.7. The lowest BCUT2D eigenvalue weighted by molar-refractivity contribution is -0.116. The highest BCUT2D eigenvalue weighted by Crippen LogP contribution is 2.26. The summed E-state index contributed by atoms with van der Waals surface area (Å²) in [6, 6.07) is 6.16. The summed E-state index contributed by atoms with van der Waals surface area (Å²) in [5.74, 6) is 0.908. The molecule has 17 heavy (non-hydrogen) atoms. The summed E-state index contributed by atoms with van der Waals surface area (Å²) in [7, 11) is 0. The van der Waals surface area contributed by atoms with Gasteiger partial charge in [0.25, 0.3) is 0 Å². The summed E-state index contributed by atoms with van der Waals surface area (Å²) in [4.78, 5) is 11.4. The molecule has 1 aliphatic rings. The molecule has 1 aromatic carbocycles. The zero-order valence-corrected chi connectivity index (χ0v) is 10.2. The van der Waals surface area contributed by atoms with Gasteiger partial charge in [-0.3, -0.25) is 4.79 Å². The molecule has 0 aromatic heterocycles. The molecule has 0 fully saturated rings. The van der Waals surface area contributed by atoms with Crippen molar-refractivity contribution in [1.82, 2.24) is 5.32 Å². The van der Waals surface area contributed by atoms with Crippen molar-refractivity contribution in [2.75, 3.05) is 6.61 Å². The molecule has 1 aromatic rings. The number of amides is 1. The summed E-state index contributed by atoms with van der Waals surface area (Å²) in [5, 5.41) is 2.81. The Balaban J connectivity index is 2.04.